The van der Waals surface area contributed by atoms with E-state index in [2.05, 4.69) is 55.2 Å². The van der Waals surface area contributed by atoms with Gasteiger partial charge in [0.15, 0.2) is 0 Å². The molecule has 1 aromatic carbocycles. The van der Waals surface area contributed by atoms with Gasteiger partial charge in [0, 0.05) is 5.56 Å². The minimum absolute atomic E-state index is 0.759. The number of hydrogen-bond acceptors (Lipinski definition) is 0. The van der Waals surface area contributed by atoms with Gasteiger partial charge in [-0.25, -0.2) is 0 Å². The summed E-state index contributed by atoms with van der Waals surface area (Å²) < 4.78 is 0. The summed E-state index contributed by atoms with van der Waals surface area (Å²) in [6, 6.07) is 8.84. The number of benzene rings is 1. The average molecular weight is 238 g/mol. The van der Waals surface area contributed by atoms with Crippen molar-refractivity contribution in [2.24, 2.45) is 5.92 Å². The van der Waals surface area contributed by atoms with E-state index < -0.39 is 0 Å². The lowest BCUT2D eigenvalue weighted by molar-refractivity contribution is 0.375. The third-order valence-corrected chi connectivity index (χ3v) is 3.89. The molecule has 0 heteroatoms. The van der Waals surface area contributed by atoms with Gasteiger partial charge in [0.2, 0.25) is 0 Å². The summed E-state index contributed by atoms with van der Waals surface area (Å²) in [5.41, 5.74) is 2.62. The first-order valence-electron chi connectivity index (χ1n) is 6.99. The second-order valence-electron chi connectivity index (χ2n) is 5.13. The van der Waals surface area contributed by atoms with Crippen LogP contribution in [0.2, 0.25) is 0 Å². The molecule has 0 heterocycles. The molecule has 0 unspecified atom stereocenters. The normalized spacial score (nSPS) is 23.7. The summed E-state index contributed by atoms with van der Waals surface area (Å²) in [6.07, 6.45) is 9.90. The third-order valence-electron chi connectivity index (χ3n) is 3.89. The SMILES string of the molecule is CC#Cc1ccc([C@H]2CC[C@H](C=CC)CC2)cc1. The van der Waals surface area contributed by atoms with E-state index in [0.29, 0.717) is 0 Å². The maximum absolute atomic E-state index is 3.10. The van der Waals surface area contributed by atoms with Crippen LogP contribution in [0.25, 0.3) is 0 Å². The first kappa shape index (κ1) is 13.0. The Kier molecular flexibility index (Phi) is 4.65. The molecule has 2 rings (SSSR count). The quantitative estimate of drug-likeness (QED) is 0.507. The number of rotatable bonds is 2. The van der Waals surface area contributed by atoms with Crippen LogP contribution in [0.4, 0.5) is 0 Å². The summed E-state index contributed by atoms with van der Waals surface area (Å²) in [5.74, 6) is 7.62. The summed E-state index contributed by atoms with van der Waals surface area (Å²) in [6.45, 7) is 4.01. The fourth-order valence-corrected chi connectivity index (χ4v) is 2.90. The number of hydrogen-bond donors (Lipinski definition) is 0. The van der Waals surface area contributed by atoms with Gasteiger partial charge in [-0.15, -0.1) is 5.92 Å². The molecule has 0 aromatic heterocycles. The van der Waals surface area contributed by atoms with Gasteiger partial charge in [0.1, 0.15) is 0 Å². The molecule has 1 aliphatic rings. The molecule has 1 saturated carbocycles. The second-order valence-corrected chi connectivity index (χ2v) is 5.13. The zero-order valence-electron chi connectivity index (χ0n) is 11.4. The number of allylic oxidation sites excluding steroid dienone is 2. The van der Waals surface area contributed by atoms with Crippen molar-refractivity contribution in [3.63, 3.8) is 0 Å². The van der Waals surface area contributed by atoms with E-state index in [0.717, 1.165) is 17.4 Å². The topological polar surface area (TPSA) is 0 Å². The van der Waals surface area contributed by atoms with Gasteiger partial charge in [0.25, 0.3) is 0 Å². The Bertz CT molecular complexity index is 445. The van der Waals surface area contributed by atoms with Crippen LogP contribution in [0.15, 0.2) is 36.4 Å². The minimum Gasteiger partial charge on any atom is -0.101 e. The fraction of sp³-hybridized carbons (Fsp3) is 0.444. The minimum atomic E-state index is 0.759. The Hall–Kier alpha value is -1.48. The molecule has 0 aliphatic heterocycles. The Labute approximate surface area is 111 Å². The molecular weight excluding hydrogens is 216 g/mol. The van der Waals surface area contributed by atoms with Gasteiger partial charge in [-0.3, -0.25) is 0 Å². The van der Waals surface area contributed by atoms with Crippen molar-refractivity contribution in [3.05, 3.63) is 47.5 Å². The van der Waals surface area contributed by atoms with E-state index in [4.69, 9.17) is 0 Å². The van der Waals surface area contributed by atoms with E-state index in [9.17, 15) is 0 Å². The molecule has 1 aliphatic carbocycles. The predicted molar refractivity (Wildman–Crippen MR) is 78.5 cm³/mol. The molecule has 0 N–H and O–H groups in total. The van der Waals surface area contributed by atoms with Crippen LogP contribution in [-0.2, 0) is 0 Å². The van der Waals surface area contributed by atoms with Crippen molar-refractivity contribution < 1.29 is 0 Å². The average Bonchev–Trinajstić information content (AvgIpc) is 2.41. The van der Waals surface area contributed by atoms with Crippen LogP contribution in [0.3, 0.4) is 0 Å². The van der Waals surface area contributed by atoms with Crippen molar-refractivity contribution >= 4 is 0 Å². The molecule has 0 bridgehead atoms. The fourth-order valence-electron chi connectivity index (χ4n) is 2.90. The van der Waals surface area contributed by atoms with Crippen LogP contribution in [0.1, 0.15) is 56.6 Å². The van der Waals surface area contributed by atoms with Gasteiger partial charge in [-0.2, -0.15) is 0 Å². The molecule has 18 heavy (non-hydrogen) atoms. The predicted octanol–water partition coefficient (Wildman–Crippen LogP) is 4.91. The molecule has 0 amide bonds. The van der Waals surface area contributed by atoms with Gasteiger partial charge in [-0.1, -0.05) is 30.2 Å². The van der Waals surface area contributed by atoms with Crippen molar-refractivity contribution in [3.8, 4) is 11.8 Å². The molecule has 0 radical (unpaired) electrons. The van der Waals surface area contributed by atoms with Crippen LogP contribution < -0.4 is 0 Å². The first-order chi connectivity index (χ1) is 8.83. The zero-order valence-corrected chi connectivity index (χ0v) is 11.4. The first-order valence-corrected chi connectivity index (χ1v) is 6.99. The van der Waals surface area contributed by atoms with E-state index in [1.54, 1.807) is 0 Å². The Morgan fingerprint density at radius 3 is 2.28 bits per heavy atom. The highest BCUT2D eigenvalue weighted by molar-refractivity contribution is 5.36. The Balaban J connectivity index is 1.98. The lowest BCUT2D eigenvalue weighted by atomic mass is 9.78. The largest absolute Gasteiger partial charge is 0.101 e. The van der Waals surface area contributed by atoms with E-state index in [1.165, 1.54) is 31.2 Å². The third kappa shape index (κ3) is 3.26. The second kappa shape index (κ2) is 6.45. The van der Waals surface area contributed by atoms with Gasteiger partial charge in [-0.05, 0) is 69.1 Å². The van der Waals surface area contributed by atoms with Gasteiger partial charge < -0.3 is 0 Å². The molecule has 94 valence electrons. The highest BCUT2D eigenvalue weighted by atomic mass is 14.2. The molecule has 0 nitrogen and oxygen atoms in total. The maximum atomic E-state index is 3.10. The summed E-state index contributed by atoms with van der Waals surface area (Å²) in [4.78, 5) is 0. The summed E-state index contributed by atoms with van der Waals surface area (Å²) >= 11 is 0. The monoisotopic (exact) mass is 238 g/mol. The Morgan fingerprint density at radius 2 is 1.72 bits per heavy atom. The van der Waals surface area contributed by atoms with Crippen LogP contribution in [0.5, 0.6) is 0 Å². The van der Waals surface area contributed by atoms with Crippen LogP contribution in [-0.4, -0.2) is 0 Å². The van der Waals surface area contributed by atoms with Crippen molar-refractivity contribution in [2.75, 3.05) is 0 Å². The van der Waals surface area contributed by atoms with Crippen LogP contribution in [0, 0.1) is 17.8 Å². The molecule has 0 saturated heterocycles. The highest BCUT2D eigenvalue weighted by Gasteiger charge is 2.20. The summed E-state index contributed by atoms with van der Waals surface area (Å²) in [5, 5.41) is 0. The molecule has 0 spiro atoms. The summed E-state index contributed by atoms with van der Waals surface area (Å²) in [7, 11) is 0. The molecule has 0 atom stereocenters. The zero-order chi connectivity index (χ0) is 12.8. The molecule has 1 fully saturated rings. The molecule has 1 aromatic rings. The lowest BCUT2D eigenvalue weighted by Gasteiger charge is -2.27. The van der Waals surface area contributed by atoms with Crippen LogP contribution >= 0.6 is 0 Å². The smallest absolute Gasteiger partial charge is 0.0245 e. The maximum Gasteiger partial charge on any atom is 0.0245 e. The van der Waals surface area contributed by atoms with E-state index >= 15 is 0 Å². The van der Waals surface area contributed by atoms with Crippen molar-refractivity contribution in [1.29, 1.82) is 0 Å². The highest BCUT2D eigenvalue weighted by Crippen LogP contribution is 2.36. The lowest BCUT2D eigenvalue weighted by Crippen LogP contribution is -2.11. The molecular formula is C18H22. The van der Waals surface area contributed by atoms with Gasteiger partial charge in [0.05, 0.1) is 0 Å². The standard InChI is InChI=1S/C18H22/c1-3-5-15-7-11-17(12-8-15)18-13-9-16(6-4-2)10-14-18/h3,5,9-10,13-15,17H,7-8,11-12H2,1-2H3/t15-,17-. The van der Waals surface area contributed by atoms with E-state index in [1.807, 2.05) is 6.92 Å². The Morgan fingerprint density at radius 1 is 1.06 bits per heavy atom. The van der Waals surface area contributed by atoms with E-state index in [-0.39, 0.29) is 0 Å². The van der Waals surface area contributed by atoms with Crippen molar-refractivity contribution in [2.45, 2.75) is 45.4 Å². The van der Waals surface area contributed by atoms with Gasteiger partial charge >= 0.3 is 0 Å². The van der Waals surface area contributed by atoms with Crippen molar-refractivity contribution in [1.82, 2.24) is 0 Å².